The van der Waals surface area contributed by atoms with Crippen LogP contribution in [0.3, 0.4) is 0 Å². The standard InChI is InChI=1S/C12H12O7/c1-6(13)19-10-5-8(12(16)18-3)7(4-9(10)14)11(15)17-2/h4-5,14H,1-3H3. The van der Waals surface area contributed by atoms with Gasteiger partial charge in [0.05, 0.1) is 25.3 Å². The van der Waals surface area contributed by atoms with Crippen LogP contribution in [0.1, 0.15) is 27.6 Å². The van der Waals surface area contributed by atoms with E-state index in [2.05, 4.69) is 9.47 Å². The number of benzene rings is 1. The zero-order chi connectivity index (χ0) is 14.6. The number of hydrogen-bond acceptors (Lipinski definition) is 7. The molecule has 0 aliphatic carbocycles. The highest BCUT2D eigenvalue weighted by Crippen LogP contribution is 2.30. The molecule has 1 aromatic rings. The number of aromatic hydroxyl groups is 1. The van der Waals surface area contributed by atoms with Crippen molar-refractivity contribution in [2.24, 2.45) is 0 Å². The van der Waals surface area contributed by atoms with Gasteiger partial charge in [-0.1, -0.05) is 0 Å². The van der Waals surface area contributed by atoms with Crippen LogP contribution in [0.2, 0.25) is 0 Å². The smallest absolute Gasteiger partial charge is 0.338 e. The molecular weight excluding hydrogens is 256 g/mol. The molecule has 7 heteroatoms. The van der Waals surface area contributed by atoms with Crippen molar-refractivity contribution in [1.82, 2.24) is 0 Å². The minimum atomic E-state index is -0.829. The summed E-state index contributed by atoms with van der Waals surface area (Å²) in [4.78, 5) is 33.9. The van der Waals surface area contributed by atoms with Gasteiger partial charge in [0, 0.05) is 13.0 Å². The molecule has 0 aromatic heterocycles. The van der Waals surface area contributed by atoms with Crippen molar-refractivity contribution < 1.29 is 33.7 Å². The molecule has 0 bridgehead atoms. The van der Waals surface area contributed by atoms with Crippen LogP contribution in [0.25, 0.3) is 0 Å². The molecule has 102 valence electrons. The first-order valence-electron chi connectivity index (χ1n) is 5.12. The molecule has 0 heterocycles. The SMILES string of the molecule is COC(=O)c1cc(O)c(OC(C)=O)cc1C(=O)OC. The number of carbonyl (C=O) groups excluding carboxylic acids is 3. The third kappa shape index (κ3) is 3.21. The number of phenolic OH excluding ortho intramolecular Hbond substituents is 1. The molecule has 0 radical (unpaired) electrons. The minimum absolute atomic E-state index is 0.177. The summed E-state index contributed by atoms with van der Waals surface area (Å²) in [5.41, 5.74) is -0.369. The first kappa shape index (κ1) is 14.5. The van der Waals surface area contributed by atoms with Crippen LogP contribution in [-0.2, 0) is 14.3 Å². The molecule has 0 saturated carbocycles. The van der Waals surface area contributed by atoms with Crippen LogP contribution in [0.4, 0.5) is 0 Å². The number of carbonyl (C=O) groups is 3. The molecule has 1 N–H and O–H groups in total. The highest BCUT2D eigenvalue weighted by molar-refractivity contribution is 6.04. The zero-order valence-corrected chi connectivity index (χ0v) is 10.6. The Labute approximate surface area is 108 Å². The Kier molecular flexibility index (Phi) is 4.46. The van der Waals surface area contributed by atoms with Gasteiger partial charge in [-0.25, -0.2) is 9.59 Å². The van der Waals surface area contributed by atoms with Gasteiger partial charge in [-0.05, 0) is 6.07 Å². The van der Waals surface area contributed by atoms with Crippen molar-refractivity contribution in [2.75, 3.05) is 14.2 Å². The molecule has 0 aliphatic heterocycles. The van der Waals surface area contributed by atoms with Crippen molar-refractivity contribution in [3.05, 3.63) is 23.3 Å². The Morgan fingerprint density at radius 2 is 1.47 bits per heavy atom. The Morgan fingerprint density at radius 3 is 1.89 bits per heavy atom. The van der Waals surface area contributed by atoms with Gasteiger partial charge in [0.15, 0.2) is 11.5 Å². The molecule has 1 aromatic carbocycles. The minimum Gasteiger partial charge on any atom is -0.504 e. The third-order valence-corrected chi connectivity index (χ3v) is 2.16. The van der Waals surface area contributed by atoms with Crippen LogP contribution in [0, 0.1) is 0 Å². The number of hydrogen-bond donors (Lipinski definition) is 1. The molecule has 0 spiro atoms. The molecular formula is C12H12O7. The van der Waals surface area contributed by atoms with E-state index in [1.807, 2.05) is 0 Å². The Hall–Kier alpha value is -2.57. The van der Waals surface area contributed by atoms with E-state index in [1.165, 1.54) is 0 Å². The van der Waals surface area contributed by atoms with Crippen LogP contribution >= 0.6 is 0 Å². The second kappa shape index (κ2) is 5.85. The molecule has 7 nitrogen and oxygen atoms in total. The van der Waals surface area contributed by atoms with Crippen molar-refractivity contribution in [1.29, 1.82) is 0 Å². The molecule has 1 rings (SSSR count). The lowest BCUT2D eigenvalue weighted by molar-refractivity contribution is -0.132. The Balaban J connectivity index is 3.40. The second-order valence-corrected chi connectivity index (χ2v) is 3.44. The summed E-state index contributed by atoms with van der Waals surface area (Å²) >= 11 is 0. The van der Waals surface area contributed by atoms with E-state index in [0.29, 0.717) is 0 Å². The summed E-state index contributed by atoms with van der Waals surface area (Å²) in [6.07, 6.45) is 0. The van der Waals surface area contributed by atoms with Crippen molar-refractivity contribution >= 4 is 17.9 Å². The third-order valence-electron chi connectivity index (χ3n) is 2.16. The van der Waals surface area contributed by atoms with E-state index in [0.717, 1.165) is 33.3 Å². The van der Waals surface area contributed by atoms with Crippen LogP contribution in [0.5, 0.6) is 11.5 Å². The van der Waals surface area contributed by atoms with Crippen LogP contribution in [-0.4, -0.2) is 37.2 Å². The van der Waals surface area contributed by atoms with Gasteiger partial charge in [-0.15, -0.1) is 0 Å². The largest absolute Gasteiger partial charge is 0.504 e. The van der Waals surface area contributed by atoms with Gasteiger partial charge in [-0.2, -0.15) is 0 Å². The van der Waals surface area contributed by atoms with Gasteiger partial charge in [0.25, 0.3) is 0 Å². The van der Waals surface area contributed by atoms with Crippen molar-refractivity contribution in [3.63, 3.8) is 0 Å². The van der Waals surface area contributed by atoms with Crippen LogP contribution in [0.15, 0.2) is 12.1 Å². The maximum Gasteiger partial charge on any atom is 0.338 e. The fourth-order valence-corrected chi connectivity index (χ4v) is 1.36. The molecule has 0 fully saturated rings. The average molecular weight is 268 g/mol. The van der Waals surface area contributed by atoms with E-state index >= 15 is 0 Å². The molecule has 0 aliphatic rings. The topological polar surface area (TPSA) is 99.1 Å². The Bertz CT molecular complexity index is 533. The molecule has 19 heavy (non-hydrogen) atoms. The molecule has 0 unspecified atom stereocenters. The second-order valence-electron chi connectivity index (χ2n) is 3.44. The number of methoxy groups -OCH3 is 2. The quantitative estimate of drug-likeness (QED) is 0.641. The summed E-state index contributed by atoms with van der Waals surface area (Å²) in [5.74, 6) is -3.06. The van der Waals surface area contributed by atoms with E-state index in [9.17, 15) is 19.5 Å². The fraction of sp³-hybridized carbons (Fsp3) is 0.250. The zero-order valence-electron chi connectivity index (χ0n) is 10.6. The van der Waals surface area contributed by atoms with Gasteiger partial charge in [-0.3, -0.25) is 4.79 Å². The number of esters is 3. The normalized spacial score (nSPS) is 9.63. The summed E-state index contributed by atoms with van der Waals surface area (Å²) in [5, 5.41) is 9.63. The first-order chi connectivity index (χ1) is 8.90. The van der Waals surface area contributed by atoms with E-state index in [-0.39, 0.29) is 16.9 Å². The highest BCUT2D eigenvalue weighted by atomic mass is 16.5. The summed E-state index contributed by atoms with van der Waals surface area (Å²) in [7, 11) is 2.25. The van der Waals surface area contributed by atoms with Gasteiger partial charge in [0.2, 0.25) is 0 Å². The lowest BCUT2D eigenvalue weighted by Crippen LogP contribution is -2.13. The Morgan fingerprint density at radius 1 is 1.00 bits per heavy atom. The van der Waals surface area contributed by atoms with Gasteiger partial charge < -0.3 is 19.3 Å². The lowest BCUT2D eigenvalue weighted by atomic mass is 10.1. The number of rotatable bonds is 3. The van der Waals surface area contributed by atoms with E-state index < -0.39 is 23.7 Å². The summed E-state index contributed by atoms with van der Waals surface area (Å²) in [6, 6.07) is 2.01. The summed E-state index contributed by atoms with van der Waals surface area (Å²) in [6.45, 7) is 1.13. The maximum atomic E-state index is 11.6. The fourth-order valence-electron chi connectivity index (χ4n) is 1.36. The van der Waals surface area contributed by atoms with Gasteiger partial charge in [0.1, 0.15) is 0 Å². The maximum absolute atomic E-state index is 11.6. The summed E-state index contributed by atoms with van der Waals surface area (Å²) < 4.78 is 13.7. The monoisotopic (exact) mass is 268 g/mol. The first-order valence-corrected chi connectivity index (χ1v) is 5.12. The van der Waals surface area contributed by atoms with Crippen molar-refractivity contribution in [3.8, 4) is 11.5 Å². The molecule has 0 amide bonds. The van der Waals surface area contributed by atoms with Gasteiger partial charge >= 0.3 is 17.9 Å². The number of ether oxygens (including phenoxy) is 3. The number of phenols is 1. The van der Waals surface area contributed by atoms with Crippen molar-refractivity contribution in [2.45, 2.75) is 6.92 Å². The van der Waals surface area contributed by atoms with Crippen LogP contribution < -0.4 is 4.74 Å². The molecule has 0 atom stereocenters. The average Bonchev–Trinajstić information content (AvgIpc) is 2.38. The predicted octanol–water partition coefficient (Wildman–Crippen LogP) is 0.891. The van der Waals surface area contributed by atoms with E-state index in [1.54, 1.807) is 0 Å². The van der Waals surface area contributed by atoms with E-state index in [4.69, 9.17) is 4.74 Å². The highest BCUT2D eigenvalue weighted by Gasteiger charge is 2.22. The molecule has 0 saturated heterocycles. The predicted molar refractivity (Wildman–Crippen MR) is 62.1 cm³/mol. The lowest BCUT2D eigenvalue weighted by Gasteiger charge is -2.10.